The molecule has 0 bridgehead atoms. The number of amides is 1. The number of rotatable bonds is 7. The smallest absolute Gasteiger partial charge is 0.338 e. The largest absolute Gasteiger partial charge is 0.452 e. The monoisotopic (exact) mass is 295 g/mol. The van der Waals surface area contributed by atoms with Crippen molar-refractivity contribution in [3.05, 3.63) is 23.8 Å². The molecule has 21 heavy (non-hydrogen) atoms. The van der Waals surface area contributed by atoms with Gasteiger partial charge in [0.2, 0.25) is 0 Å². The first-order valence-electron chi connectivity index (χ1n) is 6.45. The van der Waals surface area contributed by atoms with Gasteiger partial charge in [-0.15, -0.1) is 0 Å². The second-order valence-corrected chi connectivity index (χ2v) is 4.59. The zero-order valence-corrected chi connectivity index (χ0v) is 12.5. The fourth-order valence-corrected chi connectivity index (χ4v) is 1.65. The van der Waals surface area contributed by atoms with Crippen LogP contribution in [0, 0.1) is 0 Å². The molecule has 116 valence electrons. The number of ether oxygens (including phenoxy) is 2. The number of benzene rings is 1. The van der Waals surface area contributed by atoms with Gasteiger partial charge in [-0.2, -0.15) is 0 Å². The molecule has 1 aromatic rings. The van der Waals surface area contributed by atoms with Crippen molar-refractivity contribution in [2.45, 2.75) is 0 Å². The van der Waals surface area contributed by atoms with Gasteiger partial charge in [0.25, 0.3) is 5.91 Å². The molecule has 0 radical (unpaired) electrons. The number of nitrogens with one attached hydrogen (secondary N) is 1. The van der Waals surface area contributed by atoms with Crippen LogP contribution in [0.25, 0.3) is 0 Å². The first-order valence-corrected chi connectivity index (χ1v) is 6.45. The summed E-state index contributed by atoms with van der Waals surface area (Å²) in [6.07, 6.45) is 0. The molecule has 0 spiro atoms. The van der Waals surface area contributed by atoms with E-state index in [9.17, 15) is 9.59 Å². The fraction of sp³-hybridized carbons (Fsp3) is 0.429. The van der Waals surface area contributed by atoms with Crippen LogP contribution in [-0.4, -0.2) is 52.8 Å². The van der Waals surface area contributed by atoms with E-state index < -0.39 is 5.97 Å². The molecular weight excluding hydrogens is 274 g/mol. The fourth-order valence-electron chi connectivity index (χ4n) is 1.65. The van der Waals surface area contributed by atoms with Crippen molar-refractivity contribution in [2.75, 3.05) is 51.6 Å². The molecule has 1 amide bonds. The molecule has 7 nitrogen and oxygen atoms in total. The Bertz CT molecular complexity index is 503. The van der Waals surface area contributed by atoms with Crippen LogP contribution in [0.3, 0.4) is 0 Å². The highest BCUT2D eigenvalue weighted by Crippen LogP contribution is 2.22. The average Bonchev–Trinajstić information content (AvgIpc) is 2.44. The van der Waals surface area contributed by atoms with Crippen LogP contribution in [0.2, 0.25) is 0 Å². The van der Waals surface area contributed by atoms with E-state index in [1.54, 1.807) is 12.1 Å². The summed E-state index contributed by atoms with van der Waals surface area (Å²) in [4.78, 5) is 25.0. The molecule has 0 aromatic heterocycles. The Kier molecular flexibility index (Phi) is 6.48. The van der Waals surface area contributed by atoms with Crippen molar-refractivity contribution in [1.29, 1.82) is 0 Å². The number of hydrogen-bond donors (Lipinski definition) is 2. The van der Waals surface area contributed by atoms with E-state index >= 15 is 0 Å². The molecule has 0 saturated heterocycles. The minimum atomic E-state index is -0.589. The maximum atomic E-state index is 11.8. The normalized spacial score (nSPS) is 10.0. The Balaban J connectivity index is 2.52. The van der Waals surface area contributed by atoms with Crippen LogP contribution in [0.5, 0.6) is 0 Å². The number of carbonyl (C=O) groups excluding carboxylic acids is 2. The Labute approximate surface area is 124 Å². The van der Waals surface area contributed by atoms with Gasteiger partial charge in [0, 0.05) is 27.7 Å². The molecule has 0 aliphatic carbocycles. The van der Waals surface area contributed by atoms with Gasteiger partial charge in [-0.25, -0.2) is 4.79 Å². The van der Waals surface area contributed by atoms with E-state index in [0.717, 1.165) is 5.69 Å². The zero-order chi connectivity index (χ0) is 15.8. The van der Waals surface area contributed by atoms with Crippen LogP contribution in [0.1, 0.15) is 10.4 Å². The minimum Gasteiger partial charge on any atom is -0.452 e. The van der Waals surface area contributed by atoms with Gasteiger partial charge in [-0.3, -0.25) is 4.79 Å². The Hall–Kier alpha value is -2.28. The minimum absolute atomic E-state index is 0.308. The third kappa shape index (κ3) is 5.31. The summed E-state index contributed by atoms with van der Waals surface area (Å²) in [5, 5.41) is 2.55. The van der Waals surface area contributed by atoms with Crippen LogP contribution < -0.4 is 16.0 Å². The maximum absolute atomic E-state index is 11.8. The van der Waals surface area contributed by atoms with Crippen molar-refractivity contribution in [1.82, 2.24) is 5.32 Å². The number of anilines is 2. The van der Waals surface area contributed by atoms with Crippen molar-refractivity contribution >= 4 is 23.3 Å². The average molecular weight is 295 g/mol. The number of nitrogens with zero attached hydrogens (tertiary/aromatic N) is 1. The lowest BCUT2D eigenvalue weighted by Crippen LogP contribution is -2.31. The molecule has 1 aromatic carbocycles. The lowest BCUT2D eigenvalue weighted by atomic mass is 10.1. The van der Waals surface area contributed by atoms with Crippen LogP contribution in [0.4, 0.5) is 11.4 Å². The highest BCUT2D eigenvalue weighted by molar-refractivity contribution is 5.93. The summed E-state index contributed by atoms with van der Waals surface area (Å²) in [7, 11) is 5.25. The summed E-state index contributed by atoms with van der Waals surface area (Å²) < 4.78 is 9.71. The quantitative estimate of drug-likeness (QED) is 0.425. The van der Waals surface area contributed by atoms with Gasteiger partial charge in [-0.1, -0.05) is 0 Å². The molecule has 0 fully saturated rings. The molecule has 3 N–H and O–H groups in total. The standard InChI is InChI=1S/C14H21N3O4/c1-17(2)12-5-4-10(8-11(12)15)14(19)21-9-13(18)16-6-7-20-3/h4-5,8H,6-7,9,15H2,1-3H3,(H,16,18). The molecule has 0 atom stereocenters. The van der Waals surface area contributed by atoms with Crippen LogP contribution in [0.15, 0.2) is 18.2 Å². The van der Waals surface area contributed by atoms with Crippen molar-refractivity contribution in [2.24, 2.45) is 0 Å². The Morgan fingerprint density at radius 3 is 2.62 bits per heavy atom. The van der Waals surface area contributed by atoms with Gasteiger partial charge in [0.15, 0.2) is 6.61 Å². The third-order valence-corrected chi connectivity index (χ3v) is 2.71. The number of nitrogens with two attached hydrogens (primary N) is 1. The molecular formula is C14H21N3O4. The van der Waals surface area contributed by atoms with E-state index in [4.69, 9.17) is 15.2 Å². The number of methoxy groups -OCH3 is 1. The van der Waals surface area contributed by atoms with E-state index in [1.807, 2.05) is 19.0 Å². The van der Waals surface area contributed by atoms with Gasteiger partial charge in [0.05, 0.1) is 23.5 Å². The van der Waals surface area contributed by atoms with Crippen LogP contribution in [-0.2, 0) is 14.3 Å². The molecule has 0 aliphatic rings. The van der Waals surface area contributed by atoms with Crippen LogP contribution >= 0.6 is 0 Å². The highest BCUT2D eigenvalue weighted by atomic mass is 16.5. The predicted molar refractivity (Wildman–Crippen MR) is 80.3 cm³/mol. The van der Waals surface area contributed by atoms with Crippen molar-refractivity contribution < 1.29 is 19.1 Å². The highest BCUT2D eigenvalue weighted by Gasteiger charge is 2.12. The number of hydrogen-bond acceptors (Lipinski definition) is 6. The number of carbonyl (C=O) groups is 2. The van der Waals surface area contributed by atoms with Crippen molar-refractivity contribution in [3.8, 4) is 0 Å². The van der Waals surface area contributed by atoms with E-state index in [2.05, 4.69) is 5.32 Å². The van der Waals surface area contributed by atoms with Gasteiger partial charge in [0.1, 0.15) is 0 Å². The SMILES string of the molecule is COCCNC(=O)COC(=O)c1ccc(N(C)C)c(N)c1. The first-order chi connectivity index (χ1) is 9.95. The number of nitrogen functional groups attached to an aromatic ring is 1. The van der Waals surface area contributed by atoms with Gasteiger partial charge in [-0.05, 0) is 18.2 Å². The summed E-state index contributed by atoms with van der Waals surface area (Å²) in [6, 6.07) is 4.86. The molecule has 0 saturated carbocycles. The third-order valence-electron chi connectivity index (χ3n) is 2.71. The van der Waals surface area contributed by atoms with Gasteiger partial charge < -0.3 is 25.4 Å². The summed E-state index contributed by atoms with van der Waals surface area (Å²) in [6.45, 7) is 0.442. The second-order valence-electron chi connectivity index (χ2n) is 4.59. The molecule has 0 heterocycles. The summed E-state index contributed by atoms with van der Waals surface area (Å²) in [5.41, 5.74) is 7.44. The number of esters is 1. The van der Waals surface area contributed by atoms with Crippen molar-refractivity contribution in [3.63, 3.8) is 0 Å². The van der Waals surface area contributed by atoms with E-state index in [-0.39, 0.29) is 12.5 Å². The molecule has 7 heteroatoms. The van der Waals surface area contributed by atoms with E-state index in [1.165, 1.54) is 13.2 Å². The zero-order valence-electron chi connectivity index (χ0n) is 12.5. The summed E-state index contributed by atoms with van der Waals surface area (Å²) >= 11 is 0. The Morgan fingerprint density at radius 2 is 2.05 bits per heavy atom. The van der Waals surface area contributed by atoms with E-state index in [0.29, 0.717) is 24.4 Å². The second kappa shape index (κ2) is 8.11. The first kappa shape index (κ1) is 16.8. The van der Waals surface area contributed by atoms with Gasteiger partial charge >= 0.3 is 5.97 Å². The Morgan fingerprint density at radius 1 is 1.33 bits per heavy atom. The lowest BCUT2D eigenvalue weighted by molar-refractivity contribution is -0.124. The molecule has 0 unspecified atom stereocenters. The molecule has 0 aliphatic heterocycles. The predicted octanol–water partition coefficient (Wildman–Crippen LogP) is 0.254. The maximum Gasteiger partial charge on any atom is 0.338 e. The lowest BCUT2D eigenvalue weighted by Gasteiger charge is -2.15. The molecule has 1 rings (SSSR count). The topological polar surface area (TPSA) is 93.9 Å². The summed E-state index contributed by atoms with van der Waals surface area (Å²) in [5.74, 6) is -0.966.